The molecule has 158 valence electrons. The molecule has 0 spiro atoms. The molecule has 0 aliphatic carbocycles. The number of aromatic nitrogens is 4. The Bertz CT molecular complexity index is 1420. The van der Waals surface area contributed by atoms with Gasteiger partial charge in [-0.05, 0) is 48.4 Å². The summed E-state index contributed by atoms with van der Waals surface area (Å²) in [4.78, 5) is 8.36. The van der Waals surface area contributed by atoms with Gasteiger partial charge in [0.15, 0.2) is 0 Å². The molecule has 0 atom stereocenters. The van der Waals surface area contributed by atoms with E-state index in [0.29, 0.717) is 6.54 Å². The zero-order valence-electron chi connectivity index (χ0n) is 17.6. The fourth-order valence-electron chi connectivity index (χ4n) is 3.98. The Morgan fingerprint density at radius 2 is 2.09 bits per heavy atom. The van der Waals surface area contributed by atoms with Crippen LogP contribution in [0.25, 0.3) is 33.6 Å². The molecule has 1 aliphatic rings. The van der Waals surface area contributed by atoms with Crippen LogP contribution in [0.3, 0.4) is 0 Å². The molecular weight excluding hydrogens is 401 g/mol. The second kappa shape index (κ2) is 8.15. The summed E-state index contributed by atoms with van der Waals surface area (Å²) >= 11 is 0. The van der Waals surface area contributed by atoms with E-state index in [4.69, 9.17) is 4.98 Å². The Labute approximate surface area is 185 Å². The third kappa shape index (κ3) is 3.46. The minimum absolute atomic E-state index is 0.258. The molecule has 1 aromatic carbocycles. The van der Waals surface area contributed by atoms with Gasteiger partial charge in [-0.3, -0.25) is 5.10 Å². The monoisotopic (exact) mass is 423 g/mol. The molecule has 0 fully saturated rings. The van der Waals surface area contributed by atoms with Gasteiger partial charge in [0.1, 0.15) is 17.0 Å². The van der Waals surface area contributed by atoms with Gasteiger partial charge in [0.2, 0.25) is 0 Å². The van der Waals surface area contributed by atoms with Crippen molar-refractivity contribution in [3.63, 3.8) is 0 Å². The van der Waals surface area contributed by atoms with Crippen LogP contribution in [-0.2, 0) is 6.54 Å². The molecule has 5 nitrogen and oxygen atoms in total. The molecule has 0 saturated carbocycles. The molecule has 4 aromatic rings. The maximum atomic E-state index is 13.8. The van der Waals surface area contributed by atoms with Crippen molar-refractivity contribution in [2.75, 3.05) is 0 Å². The highest BCUT2D eigenvalue weighted by Crippen LogP contribution is 2.34. The molecule has 0 saturated heterocycles. The predicted molar refractivity (Wildman–Crippen MR) is 127 cm³/mol. The average molecular weight is 423 g/mol. The van der Waals surface area contributed by atoms with E-state index in [1.807, 2.05) is 49.6 Å². The number of benzene rings is 1. The Morgan fingerprint density at radius 1 is 1.19 bits per heavy atom. The van der Waals surface area contributed by atoms with Crippen LogP contribution < -0.4 is 5.32 Å². The number of aromatic amines is 2. The highest BCUT2D eigenvalue weighted by molar-refractivity contribution is 5.92. The SMILES string of the molecule is C=C/C=C\C(=C/C)c1ccc2[nH]nc(-c3cc4c([nH]3)CNC=C4c3cccc(F)c3)c2n1. The first kappa shape index (κ1) is 19.8. The summed E-state index contributed by atoms with van der Waals surface area (Å²) in [6.45, 7) is 6.38. The lowest BCUT2D eigenvalue weighted by Gasteiger charge is -2.15. The Balaban J connectivity index is 1.59. The zero-order valence-corrected chi connectivity index (χ0v) is 17.6. The lowest BCUT2D eigenvalue weighted by molar-refractivity contribution is 0.627. The molecule has 6 heteroatoms. The van der Waals surface area contributed by atoms with Crippen LogP contribution in [0, 0.1) is 5.82 Å². The summed E-state index contributed by atoms with van der Waals surface area (Å²) < 4.78 is 13.8. The number of halogens is 1. The van der Waals surface area contributed by atoms with Gasteiger partial charge < -0.3 is 10.3 Å². The van der Waals surface area contributed by atoms with Crippen LogP contribution >= 0.6 is 0 Å². The van der Waals surface area contributed by atoms with Crippen molar-refractivity contribution in [3.05, 3.63) is 108 Å². The molecule has 0 unspecified atom stereocenters. The first-order valence-corrected chi connectivity index (χ1v) is 10.4. The van der Waals surface area contributed by atoms with Gasteiger partial charge in [-0.15, -0.1) is 0 Å². The maximum absolute atomic E-state index is 13.8. The van der Waals surface area contributed by atoms with Crippen molar-refractivity contribution >= 4 is 22.2 Å². The fraction of sp³-hybridized carbons (Fsp3) is 0.0769. The topological polar surface area (TPSA) is 69.4 Å². The number of nitrogens with one attached hydrogen (secondary N) is 3. The van der Waals surface area contributed by atoms with E-state index >= 15 is 0 Å². The highest BCUT2D eigenvalue weighted by atomic mass is 19.1. The lowest BCUT2D eigenvalue weighted by atomic mass is 9.96. The zero-order chi connectivity index (χ0) is 22.1. The molecule has 32 heavy (non-hydrogen) atoms. The third-order valence-corrected chi connectivity index (χ3v) is 5.53. The molecular formula is C26H22FN5. The summed E-state index contributed by atoms with van der Waals surface area (Å²) in [5.74, 6) is -0.258. The van der Waals surface area contributed by atoms with E-state index in [1.54, 1.807) is 18.2 Å². The van der Waals surface area contributed by atoms with Crippen LogP contribution in [0.1, 0.15) is 29.4 Å². The van der Waals surface area contributed by atoms with Gasteiger partial charge in [-0.1, -0.05) is 43.0 Å². The predicted octanol–water partition coefficient (Wildman–Crippen LogP) is 5.73. The van der Waals surface area contributed by atoms with Crippen LogP contribution in [0.2, 0.25) is 0 Å². The fourth-order valence-corrected chi connectivity index (χ4v) is 3.98. The number of fused-ring (bicyclic) bond motifs is 2. The summed E-state index contributed by atoms with van der Waals surface area (Å²) in [5, 5.41) is 10.9. The number of allylic oxidation sites excluding steroid dienone is 5. The molecule has 3 N–H and O–H groups in total. The van der Waals surface area contributed by atoms with Gasteiger partial charge in [-0.2, -0.15) is 5.10 Å². The first-order chi connectivity index (χ1) is 15.7. The third-order valence-electron chi connectivity index (χ3n) is 5.53. The quantitative estimate of drug-likeness (QED) is 0.359. The summed E-state index contributed by atoms with van der Waals surface area (Å²) in [5.41, 5.74) is 8.94. The number of H-pyrrole nitrogens is 2. The van der Waals surface area contributed by atoms with E-state index in [9.17, 15) is 4.39 Å². The Hall–Kier alpha value is -4.19. The van der Waals surface area contributed by atoms with E-state index in [-0.39, 0.29) is 5.82 Å². The highest BCUT2D eigenvalue weighted by Gasteiger charge is 2.21. The van der Waals surface area contributed by atoms with Crippen molar-refractivity contribution in [2.45, 2.75) is 13.5 Å². The summed E-state index contributed by atoms with van der Waals surface area (Å²) in [6, 6.07) is 12.6. The van der Waals surface area contributed by atoms with E-state index in [0.717, 1.165) is 56.1 Å². The maximum Gasteiger partial charge on any atom is 0.135 e. The van der Waals surface area contributed by atoms with Crippen molar-refractivity contribution < 1.29 is 4.39 Å². The molecule has 1 aliphatic heterocycles. The Kier molecular flexibility index (Phi) is 5.03. The van der Waals surface area contributed by atoms with Crippen molar-refractivity contribution in [1.82, 2.24) is 25.5 Å². The van der Waals surface area contributed by atoms with Crippen LogP contribution in [0.15, 0.2) is 79.5 Å². The first-order valence-electron chi connectivity index (χ1n) is 10.4. The van der Waals surface area contributed by atoms with Crippen LogP contribution in [0.4, 0.5) is 4.39 Å². The molecule has 3 aromatic heterocycles. The number of hydrogen-bond donors (Lipinski definition) is 3. The standard InChI is InChI=1S/C26H22FN5/c1-3-5-7-16(4-2)21-10-11-22-25(30-21)26(32-31-22)23-13-19-20(14-28-15-24(19)29-23)17-8-6-9-18(27)12-17/h3-14,28-29H,1,15H2,2H3,(H,31,32)/b7-5-,16-4+. The average Bonchev–Trinajstić information content (AvgIpc) is 3.43. The molecule has 0 radical (unpaired) electrons. The van der Waals surface area contributed by atoms with Gasteiger partial charge in [0, 0.05) is 23.0 Å². The number of nitrogens with zero attached hydrogens (tertiary/aromatic N) is 2. The van der Waals surface area contributed by atoms with Gasteiger partial charge in [-0.25, -0.2) is 9.37 Å². The second-order valence-electron chi connectivity index (χ2n) is 7.53. The molecule has 4 heterocycles. The summed E-state index contributed by atoms with van der Waals surface area (Å²) in [7, 11) is 0. The van der Waals surface area contributed by atoms with Crippen molar-refractivity contribution in [3.8, 4) is 11.4 Å². The largest absolute Gasteiger partial charge is 0.385 e. The van der Waals surface area contributed by atoms with Gasteiger partial charge in [0.25, 0.3) is 0 Å². The van der Waals surface area contributed by atoms with Crippen LogP contribution in [-0.4, -0.2) is 20.2 Å². The normalized spacial score (nSPS) is 13.8. The number of rotatable bonds is 5. The minimum atomic E-state index is -0.258. The van der Waals surface area contributed by atoms with E-state index < -0.39 is 0 Å². The number of hydrogen-bond acceptors (Lipinski definition) is 3. The van der Waals surface area contributed by atoms with Crippen molar-refractivity contribution in [2.24, 2.45) is 0 Å². The molecule has 0 bridgehead atoms. The lowest BCUT2D eigenvalue weighted by Crippen LogP contribution is -2.13. The molecule has 0 amide bonds. The van der Waals surface area contributed by atoms with Crippen LogP contribution in [0.5, 0.6) is 0 Å². The molecule has 5 rings (SSSR count). The second-order valence-corrected chi connectivity index (χ2v) is 7.53. The minimum Gasteiger partial charge on any atom is -0.385 e. The summed E-state index contributed by atoms with van der Waals surface area (Å²) in [6.07, 6.45) is 9.56. The number of pyridine rings is 1. The van der Waals surface area contributed by atoms with E-state index in [2.05, 4.69) is 33.1 Å². The van der Waals surface area contributed by atoms with Gasteiger partial charge in [0.05, 0.1) is 23.4 Å². The Morgan fingerprint density at radius 3 is 2.91 bits per heavy atom. The van der Waals surface area contributed by atoms with Crippen molar-refractivity contribution in [1.29, 1.82) is 0 Å². The van der Waals surface area contributed by atoms with E-state index in [1.165, 1.54) is 6.07 Å². The van der Waals surface area contributed by atoms with Gasteiger partial charge >= 0.3 is 0 Å². The smallest absolute Gasteiger partial charge is 0.135 e.